The predicted octanol–water partition coefficient (Wildman–Crippen LogP) is 2.23. The van der Waals surface area contributed by atoms with Crippen molar-refractivity contribution in [3.8, 4) is 5.75 Å². The second kappa shape index (κ2) is 3.07. The van der Waals surface area contributed by atoms with Gasteiger partial charge in [-0.25, -0.2) is 0 Å². The minimum atomic E-state index is 0.141. The van der Waals surface area contributed by atoms with E-state index in [1.165, 1.54) is 0 Å². The highest BCUT2D eigenvalue weighted by Crippen LogP contribution is 2.32. The number of nitrogens with two attached hydrogens (primary N) is 1. The molecular weight excluding hydrogens is 218 g/mol. The summed E-state index contributed by atoms with van der Waals surface area (Å²) < 4.78 is 6.50. The Morgan fingerprint density at radius 3 is 3.17 bits per heavy atom. The first-order valence-electron chi connectivity index (χ1n) is 3.95. The van der Waals surface area contributed by atoms with Crippen LogP contribution in [0.4, 0.5) is 0 Å². The fourth-order valence-electron chi connectivity index (χ4n) is 1.39. The van der Waals surface area contributed by atoms with E-state index in [1.54, 1.807) is 0 Å². The molecule has 64 valence electrons. The minimum Gasteiger partial charge on any atom is -0.493 e. The monoisotopic (exact) mass is 227 g/mol. The van der Waals surface area contributed by atoms with Crippen LogP contribution in [0.15, 0.2) is 22.7 Å². The van der Waals surface area contributed by atoms with Crippen LogP contribution in [0.25, 0.3) is 0 Å². The molecule has 0 saturated heterocycles. The zero-order valence-corrected chi connectivity index (χ0v) is 8.17. The van der Waals surface area contributed by atoms with E-state index in [2.05, 4.69) is 15.9 Å². The van der Waals surface area contributed by atoms with Crippen molar-refractivity contribution in [2.75, 3.05) is 6.61 Å². The van der Waals surface area contributed by atoms with Gasteiger partial charge in [-0.2, -0.15) is 0 Å². The smallest absolute Gasteiger partial charge is 0.125 e. The first kappa shape index (κ1) is 8.08. The zero-order valence-electron chi connectivity index (χ0n) is 6.59. The van der Waals surface area contributed by atoms with E-state index in [4.69, 9.17) is 10.5 Å². The molecule has 0 fully saturated rings. The Morgan fingerprint density at radius 2 is 2.33 bits per heavy atom. The third kappa shape index (κ3) is 1.34. The van der Waals surface area contributed by atoms with Gasteiger partial charge < -0.3 is 10.5 Å². The molecule has 12 heavy (non-hydrogen) atoms. The van der Waals surface area contributed by atoms with Crippen molar-refractivity contribution in [3.63, 3.8) is 0 Å². The Labute approximate surface area is 79.8 Å². The van der Waals surface area contributed by atoms with Gasteiger partial charge in [0.2, 0.25) is 0 Å². The molecule has 3 heteroatoms. The summed E-state index contributed by atoms with van der Waals surface area (Å²) in [6, 6.07) is 6.12. The van der Waals surface area contributed by atoms with Crippen LogP contribution in [-0.2, 0) is 0 Å². The summed E-state index contributed by atoms with van der Waals surface area (Å²) in [5, 5.41) is 0. The first-order valence-corrected chi connectivity index (χ1v) is 4.74. The average molecular weight is 228 g/mol. The first-order chi connectivity index (χ1) is 5.77. The van der Waals surface area contributed by atoms with E-state index in [0.717, 1.165) is 28.8 Å². The van der Waals surface area contributed by atoms with Crippen molar-refractivity contribution in [1.29, 1.82) is 0 Å². The summed E-state index contributed by atoms with van der Waals surface area (Å²) in [6.07, 6.45) is 0.911. The lowest BCUT2D eigenvalue weighted by molar-refractivity contribution is 0.269. The number of halogens is 1. The van der Waals surface area contributed by atoms with Crippen molar-refractivity contribution < 1.29 is 4.74 Å². The van der Waals surface area contributed by atoms with Gasteiger partial charge in [0.05, 0.1) is 6.61 Å². The SMILES string of the molecule is N[C@H]1CCOc2cc(Br)ccc21. The fourth-order valence-corrected chi connectivity index (χ4v) is 1.73. The maximum absolute atomic E-state index is 5.90. The Balaban J connectivity index is 2.46. The highest BCUT2D eigenvalue weighted by atomic mass is 79.9. The normalized spacial score (nSPS) is 21.3. The van der Waals surface area contributed by atoms with Gasteiger partial charge in [-0.1, -0.05) is 22.0 Å². The van der Waals surface area contributed by atoms with Crippen molar-refractivity contribution in [2.24, 2.45) is 5.73 Å². The molecule has 2 rings (SSSR count). The van der Waals surface area contributed by atoms with Gasteiger partial charge >= 0.3 is 0 Å². The lowest BCUT2D eigenvalue weighted by Crippen LogP contribution is -2.20. The van der Waals surface area contributed by atoms with Crippen molar-refractivity contribution in [2.45, 2.75) is 12.5 Å². The lowest BCUT2D eigenvalue weighted by atomic mass is 10.0. The summed E-state index contributed by atoms with van der Waals surface area (Å²) in [5.41, 5.74) is 7.02. The van der Waals surface area contributed by atoms with Crippen LogP contribution in [0, 0.1) is 0 Å². The largest absolute Gasteiger partial charge is 0.493 e. The number of hydrogen-bond donors (Lipinski definition) is 1. The Hall–Kier alpha value is -0.540. The van der Waals surface area contributed by atoms with Gasteiger partial charge in [0.15, 0.2) is 0 Å². The summed E-state index contributed by atoms with van der Waals surface area (Å²) in [4.78, 5) is 0. The number of ether oxygens (including phenoxy) is 1. The van der Waals surface area contributed by atoms with Crippen molar-refractivity contribution in [1.82, 2.24) is 0 Å². The van der Waals surface area contributed by atoms with Crippen LogP contribution >= 0.6 is 15.9 Å². The van der Waals surface area contributed by atoms with E-state index in [1.807, 2.05) is 18.2 Å². The average Bonchev–Trinajstić information content (AvgIpc) is 2.04. The van der Waals surface area contributed by atoms with E-state index < -0.39 is 0 Å². The van der Waals surface area contributed by atoms with E-state index >= 15 is 0 Å². The van der Waals surface area contributed by atoms with Crippen LogP contribution in [0.5, 0.6) is 5.75 Å². The quantitative estimate of drug-likeness (QED) is 0.738. The molecule has 1 heterocycles. The van der Waals surface area contributed by atoms with E-state index in [0.29, 0.717) is 0 Å². The molecule has 1 atom stereocenters. The summed E-state index contributed by atoms with van der Waals surface area (Å²) in [7, 11) is 0. The molecule has 0 aromatic heterocycles. The molecule has 1 aliphatic heterocycles. The van der Waals surface area contributed by atoms with Crippen LogP contribution in [0.2, 0.25) is 0 Å². The van der Waals surface area contributed by atoms with Gasteiger partial charge in [-0.15, -0.1) is 0 Å². The van der Waals surface area contributed by atoms with Gasteiger partial charge in [-0.05, 0) is 12.1 Å². The van der Waals surface area contributed by atoms with Crippen molar-refractivity contribution in [3.05, 3.63) is 28.2 Å². The van der Waals surface area contributed by atoms with Crippen LogP contribution in [-0.4, -0.2) is 6.61 Å². The van der Waals surface area contributed by atoms with Gasteiger partial charge in [0, 0.05) is 22.5 Å². The van der Waals surface area contributed by atoms with Gasteiger partial charge in [0.1, 0.15) is 5.75 Å². The Kier molecular flexibility index (Phi) is 2.07. The third-order valence-corrected chi connectivity index (χ3v) is 2.55. The Morgan fingerprint density at radius 1 is 1.50 bits per heavy atom. The fraction of sp³-hybridized carbons (Fsp3) is 0.333. The summed E-state index contributed by atoms with van der Waals surface area (Å²) >= 11 is 3.39. The van der Waals surface area contributed by atoms with E-state index in [9.17, 15) is 0 Å². The number of fused-ring (bicyclic) bond motifs is 1. The molecule has 0 amide bonds. The highest BCUT2D eigenvalue weighted by molar-refractivity contribution is 9.10. The molecule has 1 aliphatic rings. The minimum absolute atomic E-state index is 0.141. The summed E-state index contributed by atoms with van der Waals surface area (Å²) in [6.45, 7) is 0.727. The topological polar surface area (TPSA) is 35.2 Å². The zero-order chi connectivity index (χ0) is 8.55. The molecule has 0 aliphatic carbocycles. The van der Waals surface area contributed by atoms with Crippen molar-refractivity contribution >= 4 is 15.9 Å². The molecule has 2 nitrogen and oxygen atoms in total. The molecule has 0 unspecified atom stereocenters. The second-order valence-corrected chi connectivity index (χ2v) is 3.84. The number of hydrogen-bond acceptors (Lipinski definition) is 2. The maximum Gasteiger partial charge on any atom is 0.125 e. The molecular formula is C9H10BrNO. The molecule has 1 aromatic carbocycles. The van der Waals surface area contributed by atoms with Crippen LogP contribution < -0.4 is 10.5 Å². The van der Waals surface area contributed by atoms with Crippen LogP contribution in [0.1, 0.15) is 18.0 Å². The van der Waals surface area contributed by atoms with Gasteiger partial charge in [-0.3, -0.25) is 0 Å². The number of rotatable bonds is 0. The molecule has 1 aromatic rings. The molecule has 0 bridgehead atoms. The van der Waals surface area contributed by atoms with Gasteiger partial charge in [0.25, 0.3) is 0 Å². The third-order valence-electron chi connectivity index (χ3n) is 2.06. The predicted molar refractivity (Wildman–Crippen MR) is 51.2 cm³/mol. The standard InChI is InChI=1S/C9H10BrNO/c10-6-1-2-7-8(11)3-4-12-9(7)5-6/h1-2,5,8H,3-4,11H2/t8-/m0/s1. The van der Waals surface area contributed by atoms with Crippen LogP contribution in [0.3, 0.4) is 0 Å². The maximum atomic E-state index is 5.90. The Bertz CT molecular complexity index is 301. The highest BCUT2D eigenvalue weighted by Gasteiger charge is 2.17. The summed E-state index contributed by atoms with van der Waals surface area (Å²) in [5.74, 6) is 0.920. The van der Waals surface area contributed by atoms with E-state index in [-0.39, 0.29) is 6.04 Å². The molecule has 0 radical (unpaired) electrons. The lowest BCUT2D eigenvalue weighted by Gasteiger charge is -2.22. The second-order valence-electron chi connectivity index (χ2n) is 2.93. The molecule has 2 N–H and O–H groups in total. The number of benzene rings is 1. The molecule has 0 spiro atoms. The molecule has 0 saturated carbocycles.